The number of anilines is 1. The third kappa shape index (κ3) is 4.88. The van der Waals surface area contributed by atoms with E-state index < -0.39 is 0 Å². The SMILES string of the molecule is COc1ccc(N2CCN(C(=O)c3ccc(CN4CCc5ccccc5C4)cc3)CC2)cc1. The summed E-state index contributed by atoms with van der Waals surface area (Å²) in [6, 6.07) is 25.1. The second-order valence-corrected chi connectivity index (χ2v) is 8.90. The molecule has 5 rings (SSSR count). The number of amides is 1. The van der Waals surface area contributed by atoms with Crippen molar-refractivity contribution in [2.45, 2.75) is 19.5 Å². The van der Waals surface area contributed by atoms with Crippen LogP contribution in [0, 0.1) is 0 Å². The van der Waals surface area contributed by atoms with Gasteiger partial charge in [0.2, 0.25) is 0 Å². The summed E-state index contributed by atoms with van der Waals surface area (Å²) in [5, 5.41) is 0. The third-order valence-electron chi connectivity index (χ3n) is 6.82. The van der Waals surface area contributed by atoms with E-state index in [0.717, 1.165) is 63.5 Å². The van der Waals surface area contributed by atoms with E-state index in [1.165, 1.54) is 22.4 Å². The second-order valence-electron chi connectivity index (χ2n) is 8.90. The summed E-state index contributed by atoms with van der Waals surface area (Å²) in [5.41, 5.74) is 6.12. The maximum absolute atomic E-state index is 13.0. The zero-order chi connectivity index (χ0) is 22.6. The van der Waals surface area contributed by atoms with Gasteiger partial charge in [-0.2, -0.15) is 0 Å². The average Bonchev–Trinajstić information content (AvgIpc) is 2.89. The maximum Gasteiger partial charge on any atom is 0.253 e. The average molecular weight is 442 g/mol. The van der Waals surface area contributed by atoms with Gasteiger partial charge in [0.05, 0.1) is 7.11 Å². The first-order chi connectivity index (χ1) is 16.2. The number of ether oxygens (including phenoxy) is 1. The molecule has 2 aliphatic rings. The lowest BCUT2D eigenvalue weighted by Gasteiger charge is -2.36. The molecule has 1 saturated heterocycles. The fourth-order valence-corrected chi connectivity index (χ4v) is 4.84. The van der Waals surface area contributed by atoms with Crippen LogP contribution in [0.1, 0.15) is 27.0 Å². The first kappa shape index (κ1) is 21.5. The van der Waals surface area contributed by atoms with E-state index in [2.05, 4.69) is 58.3 Å². The Labute approximate surface area is 196 Å². The molecule has 0 saturated carbocycles. The zero-order valence-electron chi connectivity index (χ0n) is 19.2. The molecule has 0 N–H and O–H groups in total. The van der Waals surface area contributed by atoms with Gasteiger partial charge in [-0.25, -0.2) is 0 Å². The van der Waals surface area contributed by atoms with Crippen LogP contribution in [0.2, 0.25) is 0 Å². The largest absolute Gasteiger partial charge is 0.497 e. The normalized spacial score (nSPS) is 16.4. The Balaban J connectivity index is 1.15. The van der Waals surface area contributed by atoms with Crippen LogP contribution >= 0.6 is 0 Å². The highest BCUT2D eigenvalue weighted by Crippen LogP contribution is 2.22. The van der Waals surface area contributed by atoms with E-state index in [1.54, 1.807) is 7.11 Å². The van der Waals surface area contributed by atoms with Crippen molar-refractivity contribution in [3.63, 3.8) is 0 Å². The number of rotatable bonds is 5. The number of carbonyl (C=O) groups is 1. The van der Waals surface area contributed by atoms with Gasteiger partial charge in [-0.3, -0.25) is 9.69 Å². The summed E-state index contributed by atoms with van der Waals surface area (Å²) < 4.78 is 5.24. The van der Waals surface area contributed by atoms with Gasteiger partial charge in [-0.1, -0.05) is 36.4 Å². The molecule has 0 bridgehead atoms. The van der Waals surface area contributed by atoms with Gasteiger partial charge in [0, 0.05) is 57.1 Å². The highest BCUT2D eigenvalue weighted by molar-refractivity contribution is 5.94. The Hall–Kier alpha value is -3.31. The quantitative estimate of drug-likeness (QED) is 0.594. The number of methoxy groups -OCH3 is 1. The molecule has 2 aliphatic heterocycles. The summed E-state index contributed by atoms with van der Waals surface area (Å²) >= 11 is 0. The fourth-order valence-electron chi connectivity index (χ4n) is 4.84. The molecule has 5 heteroatoms. The van der Waals surface area contributed by atoms with Gasteiger partial charge in [-0.15, -0.1) is 0 Å². The molecule has 0 aliphatic carbocycles. The molecule has 0 radical (unpaired) electrons. The summed E-state index contributed by atoms with van der Waals surface area (Å²) in [5.74, 6) is 0.990. The Bertz CT molecular complexity index is 1090. The lowest BCUT2D eigenvalue weighted by atomic mass is 9.99. The molecular weight excluding hydrogens is 410 g/mol. The molecule has 2 heterocycles. The first-order valence-electron chi connectivity index (χ1n) is 11.8. The highest BCUT2D eigenvalue weighted by atomic mass is 16.5. The summed E-state index contributed by atoms with van der Waals surface area (Å²) in [7, 11) is 1.68. The molecule has 3 aromatic rings. The van der Waals surface area contributed by atoms with Gasteiger partial charge in [0.1, 0.15) is 5.75 Å². The van der Waals surface area contributed by atoms with Crippen molar-refractivity contribution < 1.29 is 9.53 Å². The van der Waals surface area contributed by atoms with Crippen LogP contribution in [0.4, 0.5) is 5.69 Å². The molecule has 0 aromatic heterocycles. The van der Waals surface area contributed by atoms with Crippen LogP contribution in [0.3, 0.4) is 0 Å². The molecule has 33 heavy (non-hydrogen) atoms. The zero-order valence-corrected chi connectivity index (χ0v) is 19.2. The van der Waals surface area contributed by atoms with Gasteiger partial charge in [-0.05, 0) is 59.5 Å². The minimum atomic E-state index is 0.128. The molecule has 0 unspecified atom stereocenters. The van der Waals surface area contributed by atoms with Crippen molar-refractivity contribution in [3.05, 3.63) is 95.1 Å². The van der Waals surface area contributed by atoms with E-state index in [4.69, 9.17) is 4.74 Å². The van der Waals surface area contributed by atoms with Crippen LogP contribution in [-0.4, -0.2) is 55.5 Å². The third-order valence-corrected chi connectivity index (χ3v) is 6.82. The van der Waals surface area contributed by atoms with Crippen LogP contribution in [-0.2, 0) is 19.5 Å². The summed E-state index contributed by atoms with van der Waals surface area (Å²) in [6.07, 6.45) is 1.11. The topological polar surface area (TPSA) is 36.0 Å². The van der Waals surface area contributed by atoms with Gasteiger partial charge in [0.25, 0.3) is 5.91 Å². The molecule has 170 valence electrons. The monoisotopic (exact) mass is 441 g/mol. The number of hydrogen-bond donors (Lipinski definition) is 0. The van der Waals surface area contributed by atoms with Crippen molar-refractivity contribution >= 4 is 11.6 Å². The van der Waals surface area contributed by atoms with Crippen LogP contribution in [0.25, 0.3) is 0 Å². The van der Waals surface area contributed by atoms with E-state index in [9.17, 15) is 4.79 Å². The molecule has 0 spiro atoms. The highest BCUT2D eigenvalue weighted by Gasteiger charge is 2.22. The number of carbonyl (C=O) groups excluding carboxylic acids is 1. The van der Waals surface area contributed by atoms with Gasteiger partial charge >= 0.3 is 0 Å². The van der Waals surface area contributed by atoms with Gasteiger partial charge in [0.15, 0.2) is 0 Å². The van der Waals surface area contributed by atoms with E-state index in [0.29, 0.717) is 0 Å². The van der Waals surface area contributed by atoms with Crippen LogP contribution in [0.15, 0.2) is 72.8 Å². The van der Waals surface area contributed by atoms with E-state index >= 15 is 0 Å². The maximum atomic E-state index is 13.0. The molecule has 1 fully saturated rings. The van der Waals surface area contributed by atoms with Gasteiger partial charge < -0.3 is 14.5 Å². The number of fused-ring (bicyclic) bond motifs is 1. The Morgan fingerprint density at radius 3 is 2.21 bits per heavy atom. The van der Waals surface area contributed by atoms with E-state index in [-0.39, 0.29) is 5.91 Å². The van der Waals surface area contributed by atoms with E-state index in [1.807, 2.05) is 29.2 Å². The van der Waals surface area contributed by atoms with Crippen molar-refractivity contribution in [2.24, 2.45) is 0 Å². The first-order valence-corrected chi connectivity index (χ1v) is 11.8. The second kappa shape index (κ2) is 9.67. The molecule has 3 aromatic carbocycles. The Morgan fingerprint density at radius 1 is 0.818 bits per heavy atom. The van der Waals surface area contributed by atoms with Crippen molar-refractivity contribution in [3.8, 4) is 5.75 Å². The smallest absolute Gasteiger partial charge is 0.253 e. The number of piperazine rings is 1. The molecular formula is C28H31N3O2. The van der Waals surface area contributed by atoms with Crippen LogP contribution < -0.4 is 9.64 Å². The number of hydrogen-bond acceptors (Lipinski definition) is 4. The lowest BCUT2D eigenvalue weighted by Crippen LogP contribution is -2.48. The molecule has 0 atom stereocenters. The Kier molecular flexibility index (Phi) is 6.31. The van der Waals surface area contributed by atoms with Crippen molar-refractivity contribution in [1.82, 2.24) is 9.80 Å². The fraction of sp³-hybridized carbons (Fsp3) is 0.321. The van der Waals surface area contributed by atoms with Crippen LogP contribution in [0.5, 0.6) is 5.75 Å². The minimum absolute atomic E-state index is 0.128. The number of benzene rings is 3. The van der Waals surface area contributed by atoms with Crippen molar-refractivity contribution in [1.29, 1.82) is 0 Å². The molecule has 5 nitrogen and oxygen atoms in total. The summed E-state index contributed by atoms with van der Waals surface area (Å²) in [6.45, 7) is 6.15. The molecule has 1 amide bonds. The van der Waals surface area contributed by atoms with Crippen molar-refractivity contribution in [2.75, 3.05) is 44.7 Å². The minimum Gasteiger partial charge on any atom is -0.497 e. The number of nitrogens with zero attached hydrogens (tertiary/aromatic N) is 3. The Morgan fingerprint density at radius 2 is 1.52 bits per heavy atom. The predicted octanol–water partition coefficient (Wildman–Crippen LogP) is 4.22. The standard InChI is InChI=1S/C28H31N3O2/c1-33-27-12-10-26(11-13-27)30-16-18-31(19-17-30)28(32)24-8-6-22(7-9-24)20-29-15-14-23-4-2-3-5-25(23)21-29/h2-13H,14-21H2,1H3. The lowest BCUT2D eigenvalue weighted by molar-refractivity contribution is 0.0747. The summed E-state index contributed by atoms with van der Waals surface area (Å²) in [4.78, 5) is 19.8. The predicted molar refractivity (Wildman–Crippen MR) is 132 cm³/mol.